The van der Waals surface area contributed by atoms with Crippen LogP contribution in [0.3, 0.4) is 0 Å². The highest BCUT2D eigenvalue weighted by atomic mass is 16.5. The largest absolute Gasteiger partial charge is 0.486 e. The average Bonchev–Trinajstić information content (AvgIpc) is 2.15. The van der Waals surface area contributed by atoms with Gasteiger partial charge in [0, 0.05) is 11.1 Å². The smallest absolute Gasteiger partial charge is 0.130 e. The third-order valence-electron chi connectivity index (χ3n) is 2.30. The zero-order valence-corrected chi connectivity index (χ0v) is 7.37. The number of hydrogen-bond donors (Lipinski definition) is 0. The molecule has 12 heavy (non-hydrogen) atoms. The van der Waals surface area contributed by atoms with E-state index in [0.717, 1.165) is 5.76 Å². The number of ether oxygens (including phenoxy) is 1. The molecule has 1 atom stereocenters. The summed E-state index contributed by atoms with van der Waals surface area (Å²) in [6, 6.07) is 10.2. The summed E-state index contributed by atoms with van der Waals surface area (Å²) in [5, 5.41) is 0. The SMILES string of the molecule is CC1=C(c2ccccc2)O[C@@H]1C. The molecule has 1 nitrogen and oxygen atoms in total. The van der Waals surface area contributed by atoms with Crippen LogP contribution in [0.4, 0.5) is 0 Å². The third kappa shape index (κ3) is 1.02. The van der Waals surface area contributed by atoms with E-state index in [1.807, 2.05) is 18.2 Å². The van der Waals surface area contributed by atoms with Crippen molar-refractivity contribution in [1.29, 1.82) is 0 Å². The highest BCUT2D eigenvalue weighted by Gasteiger charge is 2.24. The number of hydrogen-bond acceptors (Lipinski definition) is 1. The van der Waals surface area contributed by atoms with E-state index in [1.165, 1.54) is 11.1 Å². The molecule has 0 radical (unpaired) electrons. The quantitative estimate of drug-likeness (QED) is 0.613. The van der Waals surface area contributed by atoms with Gasteiger partial charge in [-0.25, -0.2) is 0 Å². The maximum atomic E-state index is 5.52. The molecule has 0 aromatic heterocycles. The average molecular weight is 160 g/mol. The van der Waals surface area contributed by atoms with Gasteiger partial charge in [0.15, 0.2) is 0 Å². The Labute approximate surface area is 72.7 Å². The predicted octanol–water partition coefficient (Wildman–Crippen LogP) is 2.84. The molecule has 0 spiro atoms. The molecular weight excluding hydrogens is 148 g/mol. The number of benzene rings is 1. The van der Waals surface area contributed by atoms with Crippen molar-refractivity contribution in [2.24, 2.45) is 0 Å². The summed E-state index contributed by atoms with van der Waals surface area (Å²) >= 11 is 0. The maximum absolute atomic E-state index is 5.52. The molecule has 62 valence electrons. The molecule has 0 saturated carbocycles. The molecule has 1 heterocycles. The van der Waals surface area contributed by atoms with Gasteiger partial charge < -0.3 is 4.74 Å². The number of rotatable bonds is 1. The van der Waals surface area contributed by atoms with E-state index < -0.39 is 0 Å². The van der Waals surface area contributed by atoms with Crippen molar-refractivity contribution in [3.63, 3.8) is 0 Å². The lowest BCUT2D eigenvalue weighted by atomic mass is 10.0. The standard InChI is InChI=1S/C11H12O/c1-8-9(2)12-11(8)10-6-4-3-5-7-10/h3-7,9H,1-2H3/t9-/m1/s1. The van der Waals surface area contributed by atoms with Crippen molar-refractivity contribution < 1.29 is 4.74 Å². The second-order valence-electron chi connectivity index (χ2n) is 3.14. The Morgan fingerprint density at radius 3 is 2.33 bits per heavy atom. The summed E-state index contributed by atoms with van der Waals surface area (Å²) in [6.45, 7) is 4.19. The molecule has 0 aliphatic carbocycles. The van der Waals surface area contributed by atoms with Crippen LogP contribution >= 0.6 is 0 Å². The van der Waals surface area contributed by atoms with Crippen LogP contribution in [-0.4, -0.2) is 6.10 Å². The minimum atomic E-state index is 0.306. The molecule has 0 fully saturated rings. The van der Waals surface area contributed by atoms with Crippen LogP contribution in [0.1, 0.15) is 19.4 Å². The first-order valence-electron chi connectivity index (χ1n) is 4.22. The van der Waals surface area contributed by atoms with Crippen LogP contribution in [0.15, 0.2) is 35.9 Å². The summed E-state index contributed by atoms with van der Waals surface area (Å²) in [7, 11) is 0. The maximum Gasteiger partial charge on any atom is 0.130 e. The van der Waals surface area contributed by atoms with Crippen molar-refractivity contribution >= 4 is 5.76 Å². The van der Waals surface area contributed by atoms with Crippen molar-refractivity contribution in [2.75, 3.05) is 0 Å². The summed E-state index contributed by atoms with van der Waals surface area (Å²) in [6.07, 6.45) is 0.306. The van der Waals surface area contributed by atoms with Crippen LogP contribution in [0, 0.1) is 0 Å². The van der Waals surface area contributed by atoms with Gasteiger partial charge in [0.25, 0.3) is 0 Å². The first-order chi connectivity index (χ1) is 5.79. The molecule has 1 aromatic rings. The van der Waals surface area contributed by atoms with E-state index in [0.29, 0.717) is 6.10 Å². The fourth-order valence-corrected chi connectivity index (χ4v) is 1.37. The van der Waals surface area contributed by atoms with E-state index in [4.69, 9.17) is 4.74 Å². The zero-order chi connectivity index (χ0) is 8.55. The lowest BCUT2D eigenvalue weighted by molar-refractivity contribution is 0.169. The molecule has 1 heteroatoms. The molecule has 0 unspecified atom stereocenters. The Bertz CT molecular complexity index is 311. The van der Waals surface area contributed by atoms with Gasteiger partial charge in [-0.2, -0.15) is 0 Å². The lowest BCUT2D eigenvalue weighted by Gasteiger charge is -2.30. The first-order valence-corrected chi connectivity index (χ1v) is 4.22. The minimum Gasteiger partial charge on any atom is -0.486 e. The van der Waals surface area contributed by atoms with E-state index in [1.54, 1.807) is 0 Å². The Morgan fingerprint density at radius 2 is 1.83 bits per heavy atom. The second-order valence-corrected chi connectivity index (χ2v) is 3.14. The molecule has 0 amide bonds. The van der Waals surface area contributed by atoms with Gasteiger partial charge in [0.05, 0.1) is 0 Å². The fraction of sp³-hybridized carbons (Fsp3) is 0.273. The topological polar surface area (TPSA) is 9.23 Å². The second kappa shape index (κ2) is 2.67. The van der Waals surface area contributed by atoms with Gasteiger partial charge in [-0.05, 0) is 13.8 Å². The molecule has 0 bridgehead atoms. The summed E-state index contributed by atoms with van der Waals surface area (Å²) in [4.78, 5) is 0. The molecule has 1 aliphatic heterocycles. The molecule has 2 rings (SSSR count). The van der Waals surface area contributed by atoms with Crippen LogP contribution < -0.4 is 0 Å². The van der Waals surface area contributed by atoms with Gasteiger partial charge in [0.2, 0.25) is 0 Å². The van der Waals surface area contributed by atoms with Gasteiger partial charge in [-0.1, -0.05) is 30.3 Å². The van der Waals surface area contributed by atoms with Gasteiger partial charge >= 0.3 is 0 Å². The summed E-state index contributed by atoms with van der Waals surface area (Å²) in [5.41, 5.74) is 2.54. The third-order valence-corrected chi connectivity index (χ3v) is 2.30. The van der Waals surface area contributed by atoms with Gasteiger partial charge in [-0.3, -0.25) is 0 Å². The van der Waals surface area contributed by atoms with E-state index in [9.17, 15) is 0 Å². The zero-order valence-electron chi connectivity index (χ0n) is 7.37. The predicted molar refractivity (Wildman–Crippen MR) is 49.6 cm³/mol. The van der Waals surface area contributed by atoms with E-state index in [-0.39, 0.29) is 0 Å². The van der Waals surface area contributed by atoms with Crippen molar-refractivity contribution in [3.8, 4) is 0 Å². The van der Waals surface area contributed by atoms with Crippen molar-refractivity contribution in [3.05, 3.63) is 41.5 Å². The normalized spacial score (nSPS) is 21.7. The monoisotopic (exact) mass is 160 g/mol. The fourth-order valence-electron chi connectivity index (χ4n) is 1.37. The molecule has 1 aliphatic rings. The minimum absolute atomic E-state index is 0.306. The Balaban J connectivity index is 2.35. The van der Waals surface area contributed by atoms with Crippen LogP contribution in [0.25, 0.3) is 5.76 Å². The van der Waals surface area contributed by atoms with Crippen LogP contribution in [0.5, 0.6) is 0 Å². The molecule has 1 aromatic carbocycles. The molecular formula is C11H12O. The lowest BCUT2D eigenvalue weighted by Crippen LogP contribution is -2.21. The first kappa shape index (κ1) is 7.41. The van der Waals surface area contributed by atoms with Crippen LogP contribution in [-0.2, 0) is 4.74 Å². The molecule has 0 N–H and O–H groups in total. The van der Waals surface area contributed by atoms with Crippen molar-refractivity contribution in [2.45, 2.75) is 20.0 Å². The Kier molecular flexibility index (Phi) is 1.65. The highest BCUT2D eigenvalue weighted by molar-refractivity contribution is 5.67. The Morgan fingerprint density at radius 1 is 1.17 bits per heavy atom. The van der Waals surface area contributed by atoms with Crippen LogP contribution in [0.2, 0.25) is 0 Å². The summed E-state index contributed by atoms with van der Waals surface area (Å²) < 4.78 is 5.52. The summed E-state index contributed by atoms with van der Waals surface area (Å²) in [5.74, 6) is 1.06. The van der Waals surface area contributed by atoms with E-state index >= 15 is 0 Å². The molecule has 0 saturated heterocycles. The highest BCUT2D eigenvalue weighted by Crippen LogP contribution is 2.33. The Hall–Kier alpha value is -1.24. The van der Waals surface area contributed by atoms with Gasteiger partial charge in [0.1, 0.15) is 11.9 Å². The van der Waals surface area contributed by atoms with Gasteiger partial charge in [-0.15, -0.1) is 0 Å². The van der Waals surface area contributed by atoms with Crippen molar-refractivity contribution in [1.82, 2.24) is 0 Å². The van der Waals surface area contributed by atoms with E-state index in [2.05, 4.69) is 26.0 Å².